The molecular formula is C22H21N5O2S. The number of anilines is 2. The Balaban J connectivity index is 1.66. The minimum absolute atomic E-state index is 0.117. The molecule has 152 valence electrons. The van der Waals surface area contributed by atoms with Crippen molar-refractivity contribution in [1.29, 1.82) is 0 Å². The molecule has 0 spiro atoms. The quantitative estimate of drug-likeness (QED) is 0.548. The lowest BCUT2D eigenvalue weighted by molar-refractivity contribution is 0.601. The molecule has 3 aromatic heterocycles. The van der Waals surface area contributed by atoms with Crippen molar-refractivity contribution >= 4 is 32.4 Å². The van der Waals surface area contributed by atoms with Crippen LogP contribution < -0.4 is 9.62 Å². The smallest absolute Gasteiger partial charge is 0.263 e. The van der Waals surface area contributed by atoms with E-state index in [1.807, 2.05) is 17.8 Å². The van der Waals surface area contributed by atoms with Gasteiger partial charge in [-0.05, 0) is 41.8 Å². The van der Waals surface area contributed by atoms with Crippen molar-refractivity contribution in [3.05, 3.63) is 66.7 Å². The van der Waals surface area contributed by atoms with Crippen LogP contribution in [-0.2, 0) is 23.5 Å². The van der Waals surface area contributed by atoms with Gasteiger partial charge in [-0.3, -0.25) is 9.71 Å². The lowest BCUT2D eigenvalue weighted by Crippen LogP contribution is -2.13. The number of nitrogens with zero attached hydrogens (tertiary/aromatic N) is 4. The Morgan fingerprint density at radius 1 is 1.10 bits per heavy atom. The highest BCUT2D eigenvalue weighted by Gasteiger charge is 2.21. The maximum Gasteiger partial charge on any atom is 0.263 e. The minimum Gasteiger partial charge on any atom is -0.374 e. The highest BCUT2D eigenvalue weighted by Crippen LogP contribution is 2.38. The molecule has 1 aliphatic heterocycles. The van der Waals surface area contributed by atoms with Crippen LogP contribution in [0.1, 0.15) is 5.56 Å². The highest BCUT2D eigenvalue weighted by molar-refractivity contribution is 7.92. The Bertz CT molecular complexity index is 1360. The van der Waals surface area contributed by atoms with E-state index in [0.717, 1.165) is 29.5 Å². The van der Waals surface area contributed by atoms with Crippen LogP contribution >= 0.6 is 0 Å². The molecule has 0 bridgehead atoms. The Morgan fingerprint density at radius 3 is 2.77 bits per heavy atom. The molecule has 1 N–H and O–H groups in total. The SMILES string of the molecule is CN1CCc2ccc(-c3cn(C)c4nccc(NS(=O)(=O)c5cccnc5)c34)cc21. The van der Waals surface area contributed by atoms with Crippen LogP contribution in [0.3, 0.4) is 0 Å². The maximum absolute atomic E-state index is 12.9. The summed E-state index contributed by atoms with van der Waals surface area (Å²) in [6, 6.07) is 11.2. The van der Waals surface area contributed by atoms with Gasteiger partial charge >= 0.3 is 0 Å². The second kappa shape index (κ2) is 6.84. The van der Waals surface area contributed by atoms with Crippen LogP contribution in [0.4, 0.5) is 11.4 Å². The first-order valence-electron chi connectivity index (χ1n) is 9.65. The van der Waals surface area contributed by atoms with E-state index in [9.17, 15) is 8.42 Å². The molecule has 8 heteroatoms. The first kappa shape index (κ1) is 18.6. The summed E-state index contributed by atoms with van der Waals surface area (Å²) >= 11 is 0. The average molecular weight is 420 g/mol. The van der Waals surface area contributed by atoms with Crippen molar-refractivity contribution in [2.24, 2.45) is 7.05 Å². The summed E-state index contributed by atoms with van der Waals surface area (Å²) in [4.78, 5) is 10.8. The fourth-order valence-corrected chi connectivity index (χ4v) is 5.06. The normalized spacial score (nSPS) is 13.6. The zero-order valence-corrected chi connectivity index (χ0v) is 17.5. The lowest BCUT2D eigenvalue weighted by Gasteiger charge is -2.14. The molecule has 0 atom stereocenters. The molecule has 0 aliphatic carbocycles. The molecule has 0 radical (unpaired) electrons. The largest absolute Gasteiger partial charge is 0.374 e. The standard InChI is InChI=1S/C22H21N5O2S/c1-26-11-8-15-5-6-16(12-20(15)26)18-14-27(2)22-21(18)19(7-10-24-22)25-30(28,29)17-4-3-9-23-13-17/h3-7,9-10,12-14H,8,11H2,1-2H3,(H,24,25). The van der Waals surface area contributed by atoms with E-state index in [2.05, 4.69) is 44.8 Å². The van der Waals surface area contributed by atoms with Crippen LogP contribution in [0.5, 0.6) is 0 Å². The van der Waals surface area contributed by atoms with E-state index in [0.29, 0.717) is 11.3 Å². The van der Waals surface area contributed by atoms with Gasteiger partial charge in [0.05, 0.1) is 11.1 Å². The zero-order valence-electron chi connectivity index (χ0n) is 16.7. The Labute approximate surface area is 175 Å². The number of pyridine rings is 2. The molecule has 7 nitrogen and oxygen atoms in total. The summed E-state index contributed by atoms with van der Waals surface area (Å²) in [6.45, 7) is 1.01. The molecule has 0 unspecified atom stereocenters. The molecule has 30 heavy (non-hydrogen) atoms. The van der Waals surface area contributed by atoms with E-state index in [1.54, 1.807) is 24.5 Å². The summed E-state index contributed by atoms with van der Waals surface area (Å²) in [6.07, 6.45) is 7.53. The summed E-state index contributed by atoms with van der Waals surface area (Å²) in [5.41, 5.74) is 5.72. The maximum atomic E-state index is 12.9. The van der Waals surface area contributed by atoms with Gasteiger partial charge < -0.3 is 9.47 Å². The topological polar surface area (TPSA) is 80.1 Å². The third kappa shape index (κ3) is 3.00. The molecular weight excluding hydrogens is 398 g/mol. The van der Waals surface area contributed by atoms with Gasteiger partial charge in [-0.1, -0.05) is 12.1 Å². The van der Waals surface area contributed by atoms with Crippen molar-refractivity contribution in [2.75, 3.05) is 23.2 Å². The summed E-state index contributed by atoms with van der Waals surface area (Å²) in [7, 11) is 0.235. The number of likely N-dealkylation sites (N-methyl/N-ethyl adjacent to an activating group) is 1. The van der Waals surface area contributed by atoms with Gasteiger partial charge in [-0.25, -0.2) is 13.4 Å². The number of hydrogen-bond acceptors (Lipinski definition) is 5. The molecule has 1 aliphatic rings. The number of nitrogens with one attached hydrogen (secondary N) is 1. The van der Waals surface area contributed by atoms with Gasteiger partial charge in [0.1, 0.15) is 10.5 Å². The number of hydrogen-bond donors (Lipinski definition) is 1. The predicted octanol–water partition coefficient (Wildman–Crippen LogP) is 3.43. The highest BCUT2D eigenvalue weighted by atomic mass is 32.2. The van der Waals surface area contributed by atoms with Crippen LogP contribution in [-0.4, -0.2) is 36.5 Å². The van der Waals surface area contributed by atoms with Gasteiger partial charge in [0.15, 0.2) is 0 Å². The number of benzene rings is 1. The Kier molecular flexibility index (Phi) is 4.25. The number of aromatic nitrogens is 3. The van der Waals surface area contributed by atoms with E-state index in [4.69, 9.17) is 0 Å². The Morgan fingerprint density at radius 2 is 1.97 bits per heavy atom. The van der Waals surface area contributed by atoms with Gasteiger partial charge in [0, 0.05) is 56.7 Å². The van der Waals surface area contributed by atoms with E-state index in [-0.39, 0.29) is 4.90 Å². The van der Waals surface area contributed by atoms with Crippen molar-refractivity contribution < 1.29 is 8.42 Å². The van der Waals surface area contributed by atoms with Gasteiger partial charge in [-0.2, -0.15) is 0 Å². The monoisotopic (exact) mass is 419 g/mol. The second-order valence-corrected chi connectivity index (χ2v) is 9.20. The van der Waals surface area contributed by atoms with Crippen molar-refractivity contribution in [1.82, 2.24) is 14.5 Å². The van der Waals surface area contributed by atoms with Gasteiger partial charge in [0.2, 0.25) is 0 Å². The molecule has 4 aromatic rings. The zero-order chi connectivity index (χ0) is 20.9. The molecule has 1 aromatic carbocycles. The van der Waals surface area contributed by atoms with Crippen LogP contribution in [0.15, 0.2) is 66.1 Å². The van der Waals surface area contributed by atoms with Crippen LogP contribution in [0, 0.1) is 0 Å². The number of sulfonamides is 1. The summed E-state index contributed by atoms with van der Waals surface area (Å²) < 4.78 is 30.5. The minimum atomic E-state index is -3.77. The number of aryl methyl sites for hydroxylation is 1. The fourth-order valence-electron chi connectivity index (χ4n) is 4.02. The third-order valence-corrected chi connectivity index (χ3v) is 6.92. The van der Waals surface area contributed by atoms with Crippen LogP contribution in [0.25, 0.3) is 22.2 Å². The predicted molar refractivity (Wildman–Crippen MR) is 118 cm³/mol. The van der Waals surface area contributed by atoms with E-state index >= 15 is 0 Å². The molecule has 0 saturated heterocycles. The number of rotatable bonds is 4. The molecule has 0 amide bonds. The molecule has 0 fully saturated rings. The van der Waals surface area contributed by atoms with E-state index in [1.165, 1.54) is 23.5 Å². The molecule has 4 heterocycles. The third-order valence-electron chi connectivity index (χ3n) is 5.57. The summed E-state index contributed by atoms with van der Waals surface area (Å²) in [5.74, 6) is 0. The van der Waals surface area contributed by atoms with Gasteiger partial charge in [0.25, 0.3) is 10.0 Å². The van der Waals surface area contributed by atoms with Crippen molar-refractivity contribution in [2.45, 2.75) is 11.3 Å². The number of fused-ring (bicyclic) bond motifs is 2. The average Bonchev–Trinajstić information content (AvgIpc) is 3.29. The van der Waals surface area contributed by atoms with Crippen LogP contribution in [0.2, 0.25) is 0 Å². The summed E-state index contributed by atoms with van der Waals surface area (Å²) in [5, 5.41) is 0.771. The second-order valence-electron chi connectivity index (χ2n) is 7.52. The molecule has 5 rings (SSSR count). The lowest BCUT2D eigenvalue weighted by atomic mass is 10.0. The Hall–Kier alpha value is -3.39. The van der Waals surface area contributed by atoms with E-state index < -0.39 is 10.0 Å². The van der Waals surface area contributed by atoms with Crippen molar-refractivity contribution in [3.8, 4) is 11.1 Å². The first-order chi connectivity index (χ1) is 14.4. The first-order valence-corrected chi connectivity index (χ1v) is 11.1. The van der Waals surface area contributed by atoms with Gasteiger partial charge in [-0.15, -0.1) is 0 Å². The fraction of sp³-hybridized carbons (Fsp3) is 0.182. The molecule has 0 saturated carbocycles. The van der Waals surface area contributed by atoms with Crippen molar-refractivity contribution in [3.63, 3.8) is 0 Å².